The second-order valence-electron chi connectivity index (χ2n) is 9.61. The Hall–Kier alpha value is -4.32. The molecular formula is C31H32N4O2. The van der Waals surface area contributed by atoms with Crippen LogP contribution in [0.1, 0.15) is 25.2 Å². The molecule has 0 fully saturated rings. The molecule has 0 atom stereocenters. The molecular weight excluding hydrogens is 460 g/mol. The summed E-state index contributed by atoms with van der Waals surface area (Å²) in [4.78, 5) is 15.4. The van der Waals surface area contributed by atoms with E-state index in [0.29, 0.717) is 12.5 Å². The number of nitrogens with one attached hydrogen (secondary N) is 2. The summed E-state index contributed by atoms with van der Waals surface area (Å²) in [6.07, 6.45) is 5.44. The maximum Gasteiger partial charge on any atom is 0.121 e. The van der Waals surface area contributed by atoms with Gasteiger partial charge in [0.15, 0.2) is 0 Å². The van der Waals surface area contributed by atoms with Gasteiger partial charge >= 0.3 is 0 Å². The van der Waals surface area contributed by atoms with Gasteiger partial charge in [0.2, 0.25) is 0 Å². The molecule has 0 aliphatic rings. The highest BCUT2D eigenvalue weighted by molar-refractivity contribution is 6.08. The van der Waals surface area contributed by atoms with Crippen molar-refractivity contribution in [3.05, 3.63) is 85.0 Å². The quantitative estimate of drug-likeness (QED) is 0.234. The molecule has 188 valence electrons. The van der Waals surface area contributed by atoms with Gasteiger partial charge < -0.3 is 19.4 Å². The second kappa shape index (κ2) is 10.3. The van der Waals surface area contributed by atoms with E-state index in [4.69, 9.17) is 9.47 Å². The molecule has 2 N–H and O–H groups in total. The minimum absolute atomic E-state index is 0.520. The molecule has 6 rings (SSSR count). The topological polar surface area (TPSA) is 75.8 Å². The predicted octanol–water partition coefficient (Wildman–Crippen LogP) is 7.65. The van der Waals surface area contributed by atoms with E-state index in [2.05, 4.69) is 64.6 Å². The van der Waals surface area contributed by atoms with Gasteiger partial charge in [-0.15, -0.1) is 0 Å². The average molecular weight is 493 g/mol. The van der Waals surface area contributed by atoms with E-state index in [9.17, 15) is 0 Å². The van der Waals surface area contributed by atoms with Crippen molar-refractivity contribution in [2.45, 2.75) is 27.7 Å². The van der Waals surface area contributed by atoms with Gasteiger partial charge in [-0.3, -0.25) is 9.97 Å². The number of pyridine rings is 2. The lowest BCUT2D eigenvalue weighted by Gasteiger charge is -2.08. The van der Waals surface area contributed by atoms with Crippen LogP contribution in [0.4, 0.5) is 0 Å². The summed E-state index contributed by atoms with van der Waals surface area (Å²) in [6, 6.07) is 16.4. The number of fused-ring (bicyclic) bond motifs is 6. The molecule has 0 unspecified atom stereocenters. The van der Waals surface area contributed by atoms with Crippen molar-refractivity contribution in [3.8, 4) is 11.5 Å². The highest BCUT2D eigenvalue weighted by Gasteiger charge is 2.09. The summed E-state index contributed by atoms with van der Waals surface area (Å²) in [6.45, 7) is 13.2. The molecule has 0 amide bonds. The smallest absolute Gasteiger partial charge is 0.121 e. The third-order valence-corrected chi connectivity index (χ3v) is 6.31. The van der Waals surface area contributed by atoms with Gasteiger partial charge in [-0.05, 0) is 56.2 Å². The Morgan fingerprint density at radius 2 is 1.27 bits per heavy atom. The first-order chi connectivity index (χ1) is 17.9. The van der Waals surface area contributed by atoms with Crippen molar-refractivity contribution < 1.29 is 9.47 Å². The van der Waals surface area contributed by atoms with Crippen LogP contribution in [0.5, 0.6) is 11.5 Å². The fourth-order valence-corrected chi connectivity index (χ4v) is 4.49. The van der Waals surface area contributed by atoms with Crippen molar-refractivity contribution >= 4 is 43.6 Å². The number of hydrogen-bond donors (Lipinski definition) is 2. The van der Waals surface area contributed by atoms with Crippen LogP contribution in [0.15, 0.2) is 73.6 Å². The van der Waals surface area contributed by atoms with Crippen molar-refractivity contribution in [1.82, 2.24) is 19.9 Å². The molecule has 0 saturated heterocycles. The fourth-order valence-electron chi connectivity index (χ4n) is 4.49. The normalized spacial score (nSPS) is 11.3. The van der Waals surface area contributed by atoms with Gasteiger partial charge in [-0.2, -0.15) is 0 Å². The summed E-state index contributed by atoms with van der Waals surface area (Å²) in [5, 5.41) is 4.84. The molecule has 6 heteroatoms. The molecule has 37 heavy (non-hydrogen) atoms. The monoisotopic (exact) mass is 492 g/mol. The number of H-pyrrole nitrogens is 2. The molecule has 0 radical (unpaired) electrons. The molecule has 0 spiro atoms. The van der Waals surface area contributed by atoms with E-state index in [0.717, 1.165) is 51.6 Å². The van der Waals surface area contributed by atoms with Gasteiger partial charge in [-0.25, -0.2) is 0 Å². The summed E-state index contributed by atoms with van der Waals surface area (Å²) >= 11 is 0. The lowest BCUT2D eigenvalue weighted by Crippen LogP contribution is -2.04. The van der Waals surface area contributed by atoms with Gasteiger partial charge in [0, 0.05) is 46.1 Å². The largest absolute Gasteiger partial charge is 0.493 e. The Kier molecular flexibility index (Phi) is 6.82. The second-order valence-corrected chi connectivity index (χ2v) is 9.61. The average Bonchev–Trinajstić information content (AvgIpc) is 3.46. The molecule has 2 aromatic carbocycles. The summed E-state index contributed by atoms with van der Waals surface area (Å²) in [7, 11) is 0. The Balaban J connectivity index is 0.000000152. The number of nitrogens with zero attached hydrogens (tertiary/aromatic N) is 2. The van der Waals surface area contributed by atoms with Crippen molar-refractivity contribution in [1.29, 1.82) is 0 Å². The van der Waals surface area contributed by atoms with Crippen LogP contribution in [0.2, 0.25) is 0 Å². The maximum absolute atomic E-state index is 5.77. The molecule has 4 aromatic heterocycles. The van der Waals surface area contributed by atoms with Crippen molar-refractivity contribution in [2.24, 2.45) is 5.92 Å². The van der Waals surface area contributed by atoms with Crippen LogP contribution in [0.25, 0.3) is 43.6 Å². The zero-order valence-corrected chi connectivity index (χ0v) is 21.8. The van der Waals surface area contributed by atoms with Crippen LogP contribution in [-0.4, -0.2) is 33.1 Å². The van der Waals surface area contributed by atoms with E-state index in [-0.39, 0.29) is 0 Å². The zero-order valence-electron chi connectivity index (χ0n) is 21.8. The van der Waals surface area contributed by atoms with E-state index in [1.807, 2.05) is 50.5 Å². The number of ether oxygens (including phenoxy) is 2. The molecule has 0 aliphatic carbocycles. The van der Waals surface area contributed by atoms with Crippen molar-refractivity contribution in [2.75, 3.05) is 13.2 Å². The Labute approximate surface area is 216 Å². The summed E-state index contributed by atoms with van der Waals surface area (Å²) in [5.74, 6) is 2.29. The minimum atomic E-state index is 0.520. The number of benzene rings is 2. The SMILES string of the molecule is C=CCOc1ccc2c(c1)[nH]c1c(C)nccc12.Cc1nccc2c1[nH]c1cc(OCC(C)C)ccc12. The van der Waals surface area contributed by atoms with E-state index in [1.54, 1.807) is 6.08 Å². The molecule has 0 aliphatic heterocycles. The van der Waals surface area contributed by atoms with E-state index < -0.39 is 0 Å². The number of rotatable bonds is 6. The Morgan fingerprint density at radius 3 is 1.76 bits per heavy atom. The van der Waals surface area contributed by atoms with Crippen LogP contribution < -0.4 is 9.47 Å². The van der Waals surface area contributed by atoms with Gasteiger partial charge in [0.1, 0.15) is 18.1 Å². The highest BCUT2D eigenvalue weighted by atomic mass is 16.5. The number of hydrogen-bond acceptors (Lipinski definition) is 4. The van der Waals surface area contributed by atoms with Gasteiger partial charge in [-0.1, -0.05) is 26.5 Å². The first-order valence-electron chi connectivity index (χ1n) is 12.5. The standard InChI is InChI=1S/C16H18N2O.C15H14N2O/c1-10(2)9-19-12-4-5-13-14-6-7-17-11(3)16(14)18-15(13)8-12;1-3-8-18-11-4-5-12-13-6-7-16-10(2)15(13)17-14(12)9-11/h4-8,10,18H,9H2,1-3H3;3-7,9,17H,1,8H2,2H3. The van der Waals surface area contributed by atoms with Crippen LogP contribution >= 0.6 is 0 Å². The van der Waals surface area contributed by atoms with Gasteiger partial charge in [0.05, 0.1) is 40.1 Å². The summed E-state index contributed by atoms with van der Waals surface area (Å²) in [5.41, 5.74) is 6.41. The molecule has 0 saturated carbocycles. The Morgan fingerprint density at radius 1 is 0.757 bits per heavy atom. The van der Waals surface area contributed by atoms with Crippen LogP contribution in [0.3, 0.4) is 0 Å². The van der Waals surface area contributed by atoms with Crippen molar-refractivity contribution in [3.63, 3.8) is 0 Å². The molecule has 4 heterocycles. The molecule has 6 aromatic rings. The lowest BCUT2D eigenvalue weighted by atomic mass is 10.1. The predicted molar refractivity (Wildman–Crippen MR) is 153 cm³/mol. The van der Waals surface area contributed by atoms with Crippen LogP contribution in [0, 0.1) is 19.8 Å². The third-order valence-electron chi connectivity index (χ3n) is 6.31. The molecule has 6 nitrogen and oxygen atoms in total. The number of aryl methyl sites for hydroxylation is 2. The Bertz CT molecular complexity index is 1710. The third kappa shape index (κ3) is 5.00. The van der Waals surface area contributed by atoms with E-state index >= 15 is 0 Å². The highest BCUT2D eigenvalue weighted by Crippen LogP contribution is 2.30. The van der Waals surface area contributed by atoms with Crippen LogP contribution in [-0.2, 0) is 0 Å². The fraction of sp³-hybridized carbons (Fsp3) is 0.226. The van der Waals surface area contributed by atoms with E-state index in [1.165, 1.54) is 21.5 Å². The summed E-state index contributed by atoms with van der Waals surface area (Å²) < 4.78 is 11.3. The first kappa shape index (κ1) is 24.4. The minimum Gasteiger partial charge on any atom is -0.493 e. The lowest BCUT2D eigenvalue weighted by molar-refractivity contribution is 0.271. The number of aromatic amines is 2. The first-order valence-corrected chi connectivity index (χ1v) is 12.5. The maximum atomic E-state index is 5.77. The zero-order chi connectivity index (χ0) is 25.9. The number of aromatic nitrogens is 4. The molecule has 0 bridgehead atoms. The van der Waals surface area contributed by atoms with Gasteiger partial charge in [0.25, 0.3) is 0 Å².